The van der Waals surface area contributed by atoms with E-state index >= 15 is 0 Å². The maximum absolute atomic E-state index is 12.2. The largest absolute Gasteiger partial charge is 0.489 e. The second-order valence-electron chi connectivity index (χ2n) is 7.07. The average Bonchev–Trinajstić information content (AvgIpc) is 2.77. The minimum absolute atomic E-state index is 0.189. The van der Waals surface area contributed by atoms with E-state index in [2.05, 4.69) is 5.32 Å². The molecule has 0 saturated heterocycles. The van der Waals surface area contributed by atoms with Crippen molar-refractivity contribution < 1.29 is 19.4 Å². The Morgan fingerprint density at radius 2 is 1.47 bits per heavy atom. The zero-order valence-corrected chi connectivity index (χ0v) is 16.7. The molecule has 0 bridgehead atoms. The van der Waals surface area contributed by atoms with Gasteiger partial charge in [-0.15, -0.1) is 0 Å². The normalized spacial score (nSPS) is 11.5. The number of carboxylic acid groups (broad SMARTS) is 1. The Bertz CT molecular complexity index is 957. The van der Waals surface area contributed by atoms with Gasteiger partial charge in [-0.05, 0) is 35.2 Å². The second-order valence-corrected chi connectivity index (χ2v) is 7.07. The molecule has 3 aromatic carbocycles. The molecule has 0 aliphatic heterocycles. The van der Waals surface area contributed by atoms with Gasteiger partial charge in [0.1, 0.15) is 18.4 Å². The molecule has 0 heterocycles. The van der Waals surface area contributed by atoms with Crippen molar-refractivity contribution in [3.63, 3.8) is 0 Å². The lowest BCUT2D eigenvalue weighted by molar-refractivity contribution is -0.141. The lowest BCUT2D eigenvalue weighted by Gasteiger charge is -2.15. The minimum Gasteiger partial charge on any atom is -0.489 e. The number of aryl methyl sites for hydroxylation is 1. The van der Waals surface area contributed by atoms with Crippen molar-refractivity contribution in [2.24, 2.45) is 0 Å². The van der Waals surface area contributed by atoms with Gasteiger partial charge in [0.2, 0.25) is 5.91 Å². The number of rotatable bonds is 10. The highest BCUT2D eigenvalue weighted by Gasteiger charge is 2.20. The number of hydrogen-bond acceptors (Lipinski definition) is 3. The summed E-state index contributed by atoms with van der Waals surface area (Å²) in [6.45, 7) is 0.433. The predicted molar refractivity (Wildman–Crippen MR) is 115 cm³/mol. The van der Waals surface area contributed by atoms with Gasteiger partial charge in [-0.1, -0.05) is 72.8 Å². The number of hydrogen-bond donors (Lipinski definition) is 2. The topological polar surface area (TPSA) is 75.6 Å². The van der Waals surface area contributed by atoms with Crippen molar-refractivity contribution in [3.8, 4) is 5.75 Å². The van der Waals surface area contributed by atoms with Crippen LogP contribution >= 0.6 is 0 Å². The fourth-order valence-corrected chi connectivity index (χ4v) is 3.11. The third-order valence-electron chi connectivity index (χ3n) is 4.70. The molecule has 30 heavy (non-hydrogen) atoms. The first-order valence-corrected chi connectivity index (χ1v) is 9.92. The zero-order valence-electron chi connectivity index (χ0n) is 16.7. The van der Waals surface area contributed by atoms with E-state index in [0.717, 1.165) is 16.7 Å². The molecule has 5 heteroatoms. The van der Waals surface area contributed by atoms with Crippen LogP contribution in [0.1, 0.15) is 23.1 Å². The molecule has 3 aromatic rings. The van der Waals surface area contributed by atoms with E-state index in [9.17, 15) is 14.7 Å². The third kappa shape index (κ3) is 6.78. The van der Waals surface area contributed by atoms with Gasteiger partial charge in [-0.3, -0.25) is 4.79 Å². The molecular formula is C25H25NO4. The number of carbonyl (C=O) groups is 2. The van der Waals surface area contributed by atoms with Gasteiger partial charge in [0.25, 0.3) is 0 Å². The van der Waals surface area contributed by atoms with Crippen LogP contribution in [0, 0.1) is 0 Å². The molecule has 0 spiro atoms. The van der Waals surface area contributed by atoms with Crippen LogP contribution in [-0.2, 0) is 29.0 Å². The standard InChI is InChI=1S/C25H25NO4/c27-24(15-14-19-8-3-1-4-9-19)26-23(25(28)29)17-21-12-7-13-22(16-21)30-18-20-10-5-2-6-11-20/h1-13,16,23H,14-15,17-18H2,(H,26,27)(H,28,29)/t23-/m0/s1. The molecule has 0 aliphatic rings. The molecule has 0 aliphatic carbocycles. The summed E-state index contributed by atoms with van der Waals surface area (Å²) in [4.78, 5) is 23.9. The maximum Gasteiger partial charge on any atom is 0.326 e. The minimum atomic E-state index is -1.06. The lowest BCUT2D eigenvalue weighted by Crippen LogP contribution is -2.42. The molecular weight excluding hydrogens is 378 g/mol. The molecule has 0 aromatic heterocycles. The van der Waals surface area contributed by atoms with Crippen LogP contribution in [0.15, 0.2) is 84.9 Å². The summed E-state index contributed by atoms with van der Waals surface area (Å²) in [6.07, 6.45) is 1.00. The van der Waals surface area contributed by atoms with Crippen molar-refractivity contribution in [2.45, 2.75) is 31.9 Å². The number of carboxylic acids is 1. The first-order chi connectivity index (χ1) is 14.6. The van der Waals surface area contributed by atoms with Gasteiger partial charge in [-0.25, -0.2) is 4.79 Å². The van der Waals surface area contributed by atoms with Crippen LogP contribution in [0.2, 0.25) is 0 Å². The van der Waals surface area contributed by atoms with Crippen LogP contribution < -0.4 is 10.1 Å². The molecule has 3 rings (SSSR count). The van der Waals surface area contributed by atoms with Gasteiger partial charge in [0.15, 0.2) is 0 Å². The maximum atomic E-state index is 12.2. The summed E-state index contributed by atoms with van der Waals surface area (Å²) in [7, 11) is 0. The highest BCUT2D eigenvalue weighted by molar-refractivity contribution is 5.83. The first-order valence-electron chi connectivity index (χ1n) is 9.92. The molecule has 0 unspecified atom stereocenters. The van der Waals surface area contributed by atoms with Crippen LogP contribution in [-0.4, -0.2) is 23.0 Å². The molecule has 5 nitrogen and oxygen atoms in total. The zero-order chi connectivity index (χ0) is 21.2. The van der Waals surface area contributed by atoms with Gasteiger partial charge < -0.3 is 15.2 Å². The first kappa shape index (κ1) is 21.1. The molecule has 0 fully saturated rings. The van der Waals surface area contributed by atoms with Crippen LogP contribution in [0.4, 0.5) is 0 Å². The summed E-state index contributed by atoms with van der Waals surface area (Å²) >= 11 is 0. The Morgan fingerprint density at radius 3 is 2.13 bits per heavy atom. The fourth-order valence-electron chi connectivity index (χ4n) is 3.11. The third-order valence-corrected chi connectivity index (χ3v) is 4.70. The second kappa shape index (κ2) is 10.8. The van der Waals surface area contributed by atoms with Gasteiger partial charge in [-0.2, -0.15) is 0 Å². The van der Waals surface area contributed by atoms with Gasteiger partial charge in [0, 0.05) is 12.8 Å². The van der Waals surface area contributed by atoms with E-state index in [1.165, 1.54) is 0 Å². The molecule has 0 saturated carbocycles. The Kier molecular flexibility index (Phi) is 7.61. The summed E-state index contributed by atoms with van der Waals surface area (Å²) in [5.74, 6) is -0.669. The summed E-state index contributed by atoms with van der Waals surface area (Å²) in [5.41, 5.74) is 2.89. The van der Waals surface area contributed by atoms with Crippen LogP contribution in [0.3, 0.4) is 0 Å². The number of nitrogens with one attached hydrogen (secondary N) is 1. The quantitative estimate of drug-likeness (QED) is 0.536. The molecule has 154 valence electrons. The smallest absolute Gasteiger partial charge is 0.326 e. The van der Waals surface area contributed by atoms with Crippen molar-refractivity contribution >= 4 is 11.9 Å². The van der Waals surface area contributed by atoms with E-state index in [1.807, 2.05) is 84.9 Å². The molecule has 1 atom stereocenters. The van der Waals surface area contributed by atoms with Crippen LogP contribution in [0.25, 0.3) is 0 Å². The van der Waals surface area contributed by atoms with Crippen molar-refractivity contribution in [2.75, 3.05) is 0 Å². The number of amides is 1. The number of ether oxygens (including phenoxy) is 1. The van der Waals surface area contributed by atoms with E-state index in [0.29, 0.717) is 18.8 Å². The summed E-state index contributed by atoms with van der Waals surface area (Å²) < 4.78 is 5.81. The number of carbonyl (C=O) groups excluding carboxylic acids is 1. The molecule has 1 amide bonds. The highest BCUT2D eigenvalue weighted by atomic mass is 16.5. The SMILES string of the molecule is O=C(CCc1ccccc1)N[C@@H](Cc1cccc(OCc2ccccc2)c1)C(=O)O. The van der Waals surface area contributed by atoms with Crippen molar-refractivity contribution in [3.05, 3.63) is 102 Å². The Balaban J connectivity index is 1.55. The van der Waals surface area contributed by atoms with E-state index in [1.54, 1.807) is 0 Å². The monoisotopic (exact) mass is 403 g/mol. The number of benzene rings is 3. The van der Waals surface area contributed by atoms with Crippen LogP contribution in [0.5, 0.6) is 5.75 Å². The van der Waals surface area contributed by atoms with E-state index < -0.39 is 12.0 Å². The number of aliphatic carboxylic acids is 1. The summed E-state index contributed by atoms with van der Waals surface area (Å²) in [5, 5.41) is 12.2. The van der Waals surface area contributed by atoms with E-state index in [4.69, 9.17) is 4.74 Å². The Morgan fingerprint density at radius 1 is 0.833 bits per heavy atom. The predicted octanol–water partition coefficient (Wildman–Crippen LogP) is 4.01. The molecule has 2 N–H and O–H groups in total. The Hall–Kier alpha value is -3.60. The summed E-state index contributed by atoms with van der Waals surface area (Å²) in [6, 6.07) is 25.8. The fraction of sp³-hybridized carbons (Fsp3) is 0.200. The van der Waals surface area contributed by atoms with Crippen molar-refractivity contribution in [1.29, 1.82) is 0 Å². The van der Waals surface area contributed by atoms with E-state index in [-0.39, 0.29) is 18.7 Å². The lowest BCUT2D eigenvalue weighted by atomic mass is 10.0. The highest BCUT2D eigenvalue weighted by Crippen LogP contribution is 2.17. The average molecular weight is 403 g/mol. The Labute approximate surface area is 176 Å². The van der Waals surface area contributed by atoms with Gasteiger partial charge in [0.05, 0.1) is 0 Å². The van der Waals surface area contributed by atoms with Crippen molar-refractivity contribution in [1.82, 2.24) is 5.32 Å². The van der Waals surface area contributed by atoms with Gasteiger partial charge >= 0.3 is 5.97 Å². The molecule has 0 radical (unpaired) electrons.